The Bertz CT molecular complexity index is 795. The van der Waals surface area contributed by atoms with Crippen molar-refractivity contribution in [3.8, 4) is 0 Å². The fraction of sp³-hybridized carbons (Fsp3) is 0.391. The predicted octanol–water partition coefficient (Wildman–Crippen LogP) is 4.80. The van der Waals surface area contributed by atoms with Gasteiger partial charge >= 0.3 is 0 Å². The Balaban J connectivity index is 2.00. The van der Waals surface area contributed by atoms with Gasteiger partial charge in [0.1, 0.15) is 0 Å². The molecule has 2 amide bonds. The van der Waals surface area contributed by atoms with Crippen LogP contribution in [0, 0.1) is 13.8 Å². The van der Waals surface area contributed by atoms with E-state index in [4.69, 9.17) is 0 Å². The van der Waals surface area contributed by atoms with Crippen LogP contribution in [0.3, 0.4) is 0 Å². The molecule has 27 heavy (non-hydrogen) atoms. The Labute approximate surface area is 162 Å². The molecule has 0 aromatic heterocycles. The highest BCUT2D eigenvalue weighted by molar-refractivity contribution is 5.92. The van der Waals surface area contributed by atoms with Gasteiger partial charge in [0.25, 0.3) is 0 Å². The number of rotatable bonds is 7. The van der Waals surface area contributed by atoms with Gasteiger partial charge in [-0.2, -0.15) is 0 Å². The summed E-state index contributed by atoms with van der Waals surface area (Å²) >= 11 is 0. The third-order valence-corrected chi connectivity index (χ3v) is 4.74. The lowest BCUT2D eigenvalue weighted by Gasteiger charge is -2.22. The quantitative estimate of drug-likeness (QED) is 0.765. The maximum absolute atomic E-state index is 12.5. The first-order valence-electron chi connectivity index (χ1n) is 9.48. The van der Waals surface area contributed by atoms with Gasteiger partial charge in [0.2, 0.25) is 11.8 Å². The molecule has 4 nitrogen and oxygen atoms in total. The second kappa shape index (κ2) is 9.36. The number of anilines is 1. The zero-order chi connectivity index (χ0) is 20.0. The monoisotopic (exact) mass is 366 g/mol. The van der Waals surface area contributed by atoms with E-state index in [1.54, 1.807) is 11.8 Å². The molecular weight excluding hydrogens is 336 g/mol. The molecule has 0 spiro atoms. The molecule has 0 bridgehead atoms. The topological polar surface area (TPSA) is 49.4 Å². The summed E-state index contributed by atoms with van der Waals surface area (Å²) in [7, 11) is 0. The second-order valence-electron chi connectivity index (χ2n) is 7.42. The molecule has 0 heterocycles. The average molecular weight is 367 g/mol. The molecule has 2 aromatic rings. The van der Waals surface area contributed by atoms with Crippen molar-refractivity contribution >= 4 is 17.5 Å². The number of aryl methyl sites for hydroxylation is 2. The molecule has 0 unspecified atom stereocenters. The van der Waals surface area contributed by atoms with Gasteiger partial charge in [0, 0.05) is 32.1 Å². The Kier molecular flexibility index (Phi) is 7.17. The van der Waals surface area contributed by atoms with Crippen molar-refractivity contribution in [2.75, 3.05) is 11.9 Å². The summed E-state index contributed by atoms with van der Waals surface area (Å²) in [6, 6.07) is 14.2. The number of nitrogens with zero attached hydrogens (tertiary/aromatic N) is 1. The number of hydrogen-bond donors (Lipinski definition) is 1. The number of carbonyl (C=O) groups is 2. The fourth-order valence-corrected chi connectivity index (χ4v) is 3.04. The second-order valence-corrected chi connectivity index (χ2v) is 7.42. The molecular formula is C23H30N2O2. The minimum atomic E-state index is -0.0682. The maximum Gasteiger partial charge on any atom is 0.226 e. The van der Waals surface area contributed by atoms with Gasteiger partial charge in [0.15, 0.2) is 0 Å². The number of nitrogens with one attached hydrogen (secondary N) is 1. The van der Waals surface area contributed by atoms with E-state index in [1.165, 1.54) is 5.56 Å². The number of benzene rings is 2. The van der Waals surface area contributed by atoms with Crippen LogP contribution >= 0.6 is 0 Å². The van der Waals surface area contributed by atoms with Crippen molar-refractivity contribution in [2.45, 2.75) is 53.5 Å². The molecule has 2 rings (SSSR count). The van der Waals surface area contributed by atoms with E-state index in [0.29, 0.717) is 19.0 Å². The third kappa shape index (κ3) is 5.95. The van der Waals surface area contributed by atoms with Crippen LogP contribution in [0.5, 0.6) is 0 Å². The van der Waals surface area contributed by atoms with Crippen LogP contribution in [0.4, 0.5) is 5.69 Å². The van der Waals surface area contributed by atoms with Gasteiger partial charge < -0.3 is 10.2 Å². The van der Waals surface area contributed by atoms with Crippen molar-refractivity contribution in [2.24, 2.45) is 0 Å². The first kappa shape index (κ1) is 20.7. The lowest BCUT2D eigenvalue weighted by Crippen LogP contribution is -2.31. The minimum Gasteiger partial charge on any atom is -0.338 e. The van der Waals surface area contributed by atoms with Crippen LogP contribution in [-0.2, 0) is 16.1 Å². The first-order valence-corrected chi connectivity index (χ1v) is 9.48. The zero-order valence-electron chi connectivity index (χ0n) is 17.0. The van der Waals surface area contributed by atoms with E-state index < -0.39 is 0 Å². The van der Waals surface area contributed by atoms with E-state index in [9.17, 15) is 9.59 Å². The van der Waals surface area contributed by atoms with E-state index in [2.05, 4.69) is 19.2 Å². The van der Waals surface area contributed by atoms with E-state index in [1.807, 2.05) is 56.3 Å². The fourth-order valence-electron chi connectivity index (χ4n) is 3.04. The first-order chi connectivity index (χ1) is 12.8. The molecule has 0 saturated carbocycles. The van der Waals surface area contributed by atoms with Gasteiger partial charge in [0.05, 0.1) is 0 Å². The van der Waals surface area contributed by atoms with Crippen LogP contribution in [-0.4, -0.2) is 23.3 Å². The van der Waals surface area contributed by atoms with Crippen LogP contribution in [0.1, 0.15) is 55.4 Å². The van der Waals surface area contributed by atoms with Gasteiger partial charge in [-0.15, -0.1) is 0 Å². The smallest absolute Gasteiger partial charge is 0.226 e. The SMILES string of the molecule is CC(=O)N(CCC(=O)Nc1c(C)cccc1C(C)C)Cc1ccc(C)cc1. The Morgan fingerprint density at radius 2 is 1.70 bits per heavy atom. The summed E-state index contributed by atoms with van der Waals surface area (Å²) in [6.45, 7) is 10.7. The van der Waals surface area contributed by atoms with Gasteiger partial charge in [-0.1, -0.05) is 61.9 Å². The lowest BCUT2D eigenvalue weighted by atomic mass is 9.98. The van der Waals surface area contributed by atoms with Crippen LogP contribution < -0.4 is 5.32 Å². The van der Waals surface area contributed by atoms with Crippen molar-refractivity contribution in [1.29, 1.82) is 0 Å². The van der Waals surface area contributed by atoms with E-state index >= 15 is 0 Å². The number of hydrogen-bond acceptors (Lipinski definition) is 2. The summed E-state index contributed by atoms with van der Waals surface area (Å²) < 4.78 is 0. The Morgan fingerprint density at radius 1 is 1.04 bits per heavy atom. The molecule has 144 valence electrons. The molecule has 1 N–H and O–H groups in total. The minimum absolute atomic E-state index is 0.0258. The summed E-state index contributed by atoms with van der Waals surface area (Å²) in [5.41, 5.74) is 5.33. The van der Waals surface area contributed by atoms with Gasteiger partial charge in [-0.25, -0.2) is 0 Å². The normalized spacial score (nSPS) is 10.7. The molecule has 0 aliphatic carbocycles. The highest BCUT2D eigenvalue weighted by atomic mass is 16.2. The zero-order valence-corrected chi connectivity index (χ0v) is 17.0. The summed E-state index contributed by atoms with van der Waals surface area (Å²) in [5.74, 6) is 0.235. The lowest BCUT2D eigenvalue weighted by molar-refractivity contribution is -0.129. The highest BCUT2D eigenvalue weighted by Gasteiger charge is 2.15. The molecule has 4 heteroatoms. The molecule has 0 radical (unpaired) electrons. The van der Waals surface area contributed by atoms with Crippen molar-refractivity contribution < 1.29 is 9.59 Å². The molecule has 0 aliphatic rings. The van der Waals surface area contributed by atoms with E-state index in [0.717, 1.165) is 22.4 Å². The van der Waals surface area contributed by atoms with Crippen LogP contribution in [0.2, 0.25) is 0 Å². The molecule has 0 fully saturated rings. The Hall–Kier alpha value is -2.62. The van der Waals surface area contributed by atoms with Crippen molar-refractivity contribution in [3.63, 3.8) is 0 Å². The number of amides is 2. The molecule has 2 aromatic carbocycles. The Morgan fingerprint density at radius 3 is 2.30 bits per heavy atom. The van der Waals surface area contributed by atoms with E-state index in [-0.39, 0.29) is 18.2 Å². The molecule has 0 saturated heterocycles. The van der Waals surface area contributed by atoms with Gasteiger partial charge in [-0.3, -0.25) is 9.59 Å². The summed E-state index contributed by atoms with van der Waals surface area (Å²) in [4.78, 5) is 26.2. The van der Waals surface area contributed by atoms with Crippen molar-refractivity contribution in [3.05, 3.63) is 64.7 Å². The standard InChI is InChI=1S/C23H30N2O2/c1-16(2)21-8-6-7-18(4)23(21)24-22(27)13-14-25(19(5)26)15-20-11-9-17(3)10-12-20/h6-12,16H,13-15H2,1-5H3,(H,24,27). The van der Waals surface area contributed by atoms with Crippen LogP contribution in [0.15, 0.2) is 42.5 Å². The predicted molar refractivity (Wildman–Crippen MR) is 111 cm³/mol. The number of para-hydroxylation sites is 1. The van der Waals surface area contributed by atoms with Crippen LogP contribution in [0.25, 0.3) is 0 Å². The average Bonchev–Trinajstić information content (AvgIpc) is 2.61. The summed E-state index contributed by atoms with van der Waals surface area (Å²) in [5, 5.41) is 3.05. The van der Waals surface area contributed by atoms with Crippen molar-refractivity contribution in [1.82, 2.24) is 4.90 Å². The molecule has 0 aliphatic heterocycles. The number of carbonyl (C=O) groups excluding carboxylic acids is 2. The van der Waals surface area contributed by atoms with Gasteiger partial charge in [-0.05, 0) is 36.5 Å². The highest BCUT2D eigenvalue weighted by Crippen LogP contribution is 2.27. The maximum atomic E-state index is 12.5. The third-order valence-electron chi connectivity index (χ3n) is 4.74. The molecule has 0 atom stereocenters. The largest absolute Gasteiger partial charge is 0.338 e. The summed E-state index contributed by atoms with van der Waals surface area (Å²) in [6.07, 6.45) is 0.275.